The van der Waals surface area contributed by atoms with Crippen LogP contribution in [0.1, 0.15) is 18.9 Å². The largest absolute Gasteiger partial charge is 0.480 e. The Hall–Kier alpha value is -2.16. The maximum Gasteiger partial charge on any atom is 0.411 e. The predicted octanol–water partition coefficient (Wildman–Crippen LogP) is 1.88. The molecule has 0 saturated carbocycles. The van der Waals surface area contributed by atoms with Crippen molar-refractivity contribution in [2.24, 2.45) is 5.92 Å². The summed E-state index contributed by atoms with van der Waals surface area (Å²) in [4.78, 5) is 25.4. The van der Waals surface area contributed by atoms with E-state index in [0.717, 1.165) is 10.5 Å². The highest BCUT2D eigenvalue weighted by Crippen LogP contribution is 2.35. The van der Waals surface area contributed by atoms with E-state index in [-0.39, 0.29) is 31.6 Å². The Morgan fingerprint density at radius 3 is 2.63 bits per heavy atom. The zero-order valence-electron chi connectivity index (χ0n) is 15.5. The van der Waals surface area contributed by atoms with Gasteiger partial charge in [-0.2, -0.15) is 0 Å². The maximum atomic E-state index is 12.5. The smallest absolute Gasteiger partial charge is 0.411 e. The number of nitrogens with zero attached hydrogens (tertiary/aromatic N) is 1. The topological polar surface area (TPSA) is 94.5 Å². The summed E-state index contributed by atoms with van der Waals surface area (Å²) in [6, 6.07) is 8.13. The molecule has 1 aromatic carbocycles. The number of carboxylic acid groups (broad SMARTS) is 1. The lowest BCUT2D eigenvalue weighted by Gasteiger charge is -2.31. The van der Waals surface area contributed by atoms with E-state index in [1.807, 2.05) is 37.3 Å². The lowest BCUT2D eigenvalue weighted by Crippen LogP contribution is -2.44. The van der Waals surface area contributed by atoms with Crippen LogP contribution in [0, 0.1) is 5.92 Å². The van der Waals surface area contributed by atoms with Crippen molar-refractivity contribution < 1.29 is 33.6 Å². The van der Waals surface area contributed by atoms with Crippen LogP contribution in [0.5, 0.6) is 0 Å². The van der Waals surface area contributed by atoms with E-state index in [1.54, 1.807) is 0 Å². The first-order valence-electron chi connectivity index (χ1n) is 8.95. The fourth-order valence-electron chi connectivity index (χ4n) is 3.40. The fraction of sp³-hybridized carbons (Fsp3) is 0.579. The molecule has 8 heteroatoms. The van der Waals surface area contributed by atoms with Crippen molar-refractivity contribution >= 4 is 12.1 Å². The van der Waals surface area contributed by atoms with Crippen LogP contribution >= 0.6 is 0 Å². The molecule has 2 fully saturated rings. The molecule has 0 aromatic heterocycles. The summed E-state index contributed by atoms with van der Waals surface area (Å²) in [5, 5.41) is 9.57. The zero-order chi connectivity index (χ0) is 19.4. The Bertz CT molecular complexity index is 667. The number of rotatable bonds is 6. The van der Waals surface area contributed by atoms with Gasteiger partial charge in [0.25, 0.3) is 0 Å². The highest BCUT2D eigenvalue weighted by atomic mass is 16.7. The van der Waals surface area contributed by atoms with E-state index >= 15 is 0 Å². The van der Waals surface area contributed by atoms with Crippen LogP contribution in [0.4, 0.5) is 4.79 Å². The number of carbonyl (C=O) groups is 2. The SMILES string of the molecule is COC1(OC2COCC2C)C[C@@H](C(=O)O)N(C(=O)OCc2ccccc2)C1. The third kappa shape index (κ3) is 4.40. The lowest BCUT2D eigenvalue weighted by atomic mass is 10.1. The minimum absolute atomic E-state index is 0.0166. The van der Waals surface area contributed by atoms with Crippen LogP contribution in [-0.4, -0.2) is 66.9 Å². The standard InChI is InChI=1S/C19H25NO7/c1-13-9-25-11-16(13)27-19(24-2)8-15(17(21)22)20(12-19)18(23)26-10-14-6-4-3-5-7-14/h3-7,13,15-16H,8-12H2,1-2H3,(H,21,22)/t13?,15-,16?,19?/m0/s1. The minimum atomic E-state index is -1.19. The first-order chi connectivity index (χ1) is 12.9. The molecule has 0 radical (unpaired) electrons. The fourth-order valence-corrected chi connectivity index (χ4v) is 3.40. The van der Waals surface area contributed by atoms with Crippen LogP contribution in [-0.2, 0) is 30.3 Å². The van der Waals surface area contributed by atoms with Crippen molar-refractivity contribution in [1.29, 1.82) is 0 Å². The molecule has 2 heterocycles. The number of aliphatic carboxylic acids is 1. The third-order valence-electron chi connectivity index (χ3n) is 5.05. The molecule has 0 spiro atoms. The summed E-state index contributed by atoms with van der Waals surface area (Å²) in [5.74, 6) is -2.15. The van der Waals surface area contributed by atoms with Gasteiger partial charge in [0.05, 0.1) is 25.9 Å². The number of carboxylic acids is 1. The number of likely N-dealkylation sites (tertiary alicyclic amines) is 1. The number of ether oxygens (including phenoxy) is 4. The molecule has 4 atom stereocenters. The lowest BCUT2D eigenvalue weighted by molar-refractivity contribution is -0.241. The van der Waals surface area contributed by atoms with Gasteiger partial charge in [-0.05, 0) is 5.56 Å². The molecule has 148 valence electrons. The minimum Gasteiger partial charge on any atom is -0.480 e. The van der Waals surface area contributed by atoms with Crippen molar-refractivity contribution in [1.82, 2.24) is 4.90 Å². The summed E-state index contributed by atoms with van der Waals surface area (Å²) in [7, 11) is 1.46. The van der Waals surface area contributed by atoms with E-state index in [9.17, 15) is 14.7 Å². The number of carbonyl (C=O) groups excluding carboxylic acids is 1. The molecule has 2 aliphatic heterocycles. The molecular formula is C19H25NO7. The molecule has 0 bridgehead atoms. The van der Waals surface area contributed by atoms with E-state index in [4.69, 9.17) is 18.9 Å². The second-order valence-electron chi connectivity index (χ2n) is 7.01. The van der Waals surface area contributed by atoms with E-state index in [2.05, 4.69) is 0 Å². The van der Waals surface area contributed by atoms with Gasteiger partial charge in [-0.25, -0.2) is 9.59 Å². The van der Waals surface area contributed by atoms with Gasteiger partial charge in [-0.3, -0.25) is 4.90 Å². The first kappa shape index (κ1) is 19.6. The average Bonchev–Trinajstić information content (AvgIpc) is 3.25. The molecule has 8 nitrogen and oxygen atoms in total. The second kappa shape index (κ2) is 8.24. The number of amides is 1. The summed E-state index contributed by atoms with van der Waals surface area (Å²) in [6.45, 7) is 3.04. The van der Waals surface area contributed by atoms with Crippen LogP contribution in [0.2, 0.25) is 0 Å². The second-order valence-corrected chi connectivity index (χ2v) is 7.01. The van der Waals surface area contributed by atoms with Gasteiger partial charge in [0.1, 0.15) is 12.6 Å². The Labute approximate surface area is 157 Å². The number of benzene rings is 1. The Balaban J connectivity index is 1.69. The summed E-state index contributed by atoms with van der Waals surface area (Å²) in [6.07, 6.45) is -0.883. The zero-order valence-corrected chi connectivity index (χ0v) is 15.5. The highest BCUT2D eigenvalue weighted by Gasteiger charge is 2.52. The Kier molecular flexibility index (Phi) is 5.98. The monoisotopic (exact) mass is 379 g/mol. The van der Waals surface area contributed by atoms with Gasteiger partial charge < -0.3 is 24.1 Å². The van der Waals surface area contributed by atoms with Crippen LogP contribution in [0.25, 0.3) is 0 Å². The number of methoxy groups -OCH3 is 1. The molecule has 1 aromatic rings. The van der Waals surface area contributed by atoms with Crippen molar-refractivity contribution in [2.75, 3.05) is 26.9 Å². The molecule has 0 aliphatic carbocycles. The quantitative estimate of drug-likeness (QED) is 0.754. The molecule has 27 heavy (non-hydrogen) atoms. The van der Waals surface area contributed by atoms with E-state index in [1.165, 1.54) is 7.11 Å². The van der Waals surface area contributed by atoms with Gasteiger partial charge in [-0.1, -0.05) is 37.3 Å². The van der Waals surface area contributed by atoms with Crippen LogP contribution < -0.4 is 0 Å². The Morgan fingerprint density at radius 1 is 1.30 bits per heavy atom. The number of hydrogen-bond donors (Lipinski definition) is 1. The molecule has 1 N–H and O–H groups in total. The Morgan fingerprint density at radius 2 is 2.04 bits per heavy atom. The average molecular weight is 379 g/mol. The summed E-state index contributed by atoms with van der Waals surface area (Å²) in [5.41, 5.74) is 0.822. The van der Waals surface area contributed by atoms with E-state index in [0.29, 0.717) is 13.2 Å². The van der Waals surface area contributed by atoms with Gasteiger partial charge in [-0.15, -0.1) is 0 Å². The van der Waals surface area contributed by atoms with Crippen molar-refractivity contribution in [2.45, 2.75) is 37.9 Å². The van der Waals surface area contributed by atoms with Crippen molar-refractivity contribution in [3.05, 3.63) is 35.9 Å². The number of hydrogen-bond acceptors (Lipinski definition) is 6. The van der Waals surface area contributed by atoms with E-state index < -0.39 is 23.9 Å². The van der Waals surface area contributed by atoms with Gasteiger partial charge in [0.15, 0.2) is 5.79 Å². The van der Waals surface area contributed by atoms with Crippen molar-refractivity contribution in [3.8, 4) is 0 Å². The molecule has 2 saturated heterocycles. The molecule has 3 unspecified atom stereocenters. The molecular weight excluding hydrogens is 354 g/mol. The maximum absolute atomic E-state index is 12.5. The first-order valence-corrected chi connectivity index (χ1v) is 8.95. The molecule has 1 amide bonds. The normalized spacial score (nSPS) is 30.4. The van der Waals surface area contributed by atoms with Gasteiger partial charge >= 0.3 is 12.1 Å². The summed E-state index contributed by atoms with van der Waals surface area (Å²) < 4.78 is 22.3. The third-order valence-corrected chi connectivity index (χ3v) is 5.05. The highest BCUT2D eigenvalue weighted by molar-refractivity contribution is 5.81. The van der Waals surface area contributed by atoms with Gasteiger partial charge in [0, 0.05) is 19.4 Å². The molecule has 2 aliphatic rings. The van der Waals surface area contributed by atoms with Crippen LogP contribution in [0.3, 0.4) is 0 Å². The van der Waals surface area contributed by atoms with Gasteiger partial charge in [0.2, 0.25) is 0 Å². The summed E-state index contributed by atoms with van der Waals surface area (Å²) >= 11 is 0. The van der Waals surface area contributed by atoms with Crippen molar-refractivity contribution in [3.63, 3.8) is 0 Å². The van der Waals surface area contributed by atoms with Crippen LogP contribution in [0.15, 0.2) is 30.3 Å². The predicted molar refractivity (Wildman–Crippen MR) is 94.0 cm³/mol. The molecule has 3 rings (SSSR count).